The minimum atomic E-state index is 0.396. The number of hydrogen-bond donors (Lipinski definition) is 1. The molecule has 0 aromatic carbocycles. The van der Waals surface area contributed by atoms with Crippen LogP contribution in [0.1, 0.15) is 65.0 Å². The lowest BCUT2D eigenvalue weighted by Crippen LogP contribution is -2.34. The first-order valence-electron chi connectivity index (χ1n) is 8.19. The number of aromatic nitrogens is 2. The molecule has 0 bridgehead atoms. The van der Waals surface area contributed by atoms with Gasteiger partial charge in [0, 0.05) is 24.4 Å². The van der Waals surface area contributed by atoms with Crippen LogP contribution in [-0.2, 0) is 6.54 Å². The second kappa shape index (κ2) is 6.30. The van der Waals surface area contributed by atoms with Crippen LogP contribution in [0.2, 0.25) is 0 Å². The fourth-order valence-electron chi connectivity index (χ4n) is 3.72. The van der Waals surface area contributed by atoms with E-state index in [1.165, 1.54) is 25.0 Å². The number of nitrogens with two attached hydrogens (primary N) is 1. The molecule has 0 aliphatic heterocycles. The van der Waals surface area contributed by atoms with E-state index in [4.69, 9.17) is 5.73 Å². The summed E-state index contributed by atoms with van der Waals surface area (Å²) in [6, 6.07) is 2.22. The number of rotatable bonds is 4. The lowest BCUT2D eigenvalue weighted by atomic mass is 9.65. The Bertz CT molecular complexity index is 416. The van der Waals surface area contributed by atoms with Gasteiger partial charge in [0.2, 0.25) is 0 Å². The van der Waals surface area contributed by atoms with Gasteiger partial charge in [0.15, 0.2) is 0 Å². The molecule has 0 saturated heterocycles. The first-order chi connectivity index (χ1) is 9.47. The van der Waals surface area contributed by atoms with E-state index >= 15 is 0 Å². The molecular formula is C17H31N3. The van der Waals surface area contributed by atoms with Gasteiger partial charge in [-0.2, -0.15) is 5.10 Å². The summed E-state index contributed by atoms with van der Waals surface area (Å²) in [7, 11) is 0. The minimum absolute atomic E-state index is 0.396. The van der Waals surface area contributed by atoms with Crippen LogP contribution in [0.3, 0.4) is 0 Å². The van der Waals surface area contributed by atoms with Crippen molar-refractivity contribution in [3.63, 3.8) is 0 Å². The molecule has 3 heteroatoms. The van der Waals surface area contributed by atoms with Crippen molar-refractivity contribution in [3.05, 3.63) is 18.0 Å². The van der Waals surface area contributed by atoms with Crippen LogP contribution in [-0.4, -0.2) is 16.3 Å². The molecule has 1 fully saturated rings. The van der Waals surface area contributed by atoms with Crippen molar-refractivity contribution in [3.8, 4) is 0 Å². The Balaban J connectivity index is 2.22. The molecule has 0 amide bonds. The second-order valence-electron chi connectivity index (χ2n) is 7.46. The van der Waals surface area contributed by atoms with Gasteiger partial charge in [0.05, 0.1) is 0 Å². The van der Waals surface area contributed by atoms with Crippen molar-refractivity contribution >= 4 is 0 Å². The maximum Gasteiger partial charge on any atom is 0.0492 e. The molecule has 1 aliphatic rings. The van der Waals surface area contributed by atoms with Gasteiger partial charge in [-0.15, -0.1) is 0 Å². The molecule has 0 spiro atoms. The highest BCUT2D eigenvalue weighted by Gasteiger charge is 2.37. The van der Waals surface area contributed by atoms with Gasteiger partial charge in [0.25, 0.3) is 0 Å². The summed E-state index contributed by atoms with van der Waals surface area (Å²) in [5.74, 6) is 2.01. The van der Waals surface area contributed by atoms with Crippen molar-refractivity contribution in [1.29, 1.82) is 0 Å². The normalized spacial score (nSPS) is 27.8. The highest BCUT2D eigenvalue weighted by atomic mass is 15.3. The van der Waals surface area contributed by atoms with Gasteiger partial charge in [-0.25, -0.2) is 0 Å². The molecule has 1 aromatic heterocycles. The smallest absolute Gasteiger partial charge is 0.0492 e. The molecule has 1 heterocycles. The van der Waals surface area contributed by atoms with E-state index in [-0.39, 0.29) is 0 Å². The van der Waals surface area contributed by atoms with Gasteiger partial charge in [-0.3, -0.25) is 4.68 Å². The lowest BCUT2D eigenvalue weighted by molar-refractivity contribution is 0.129. The van der Waals surface area contributed by atoms with E-state index in [1.807, 2.05) is 6.20 Å². The molecule has 1 aromatic rings. The van der Waals surface area contributed by atoms with Crippen LogP contribution >= 0.6 is 0 Å². The monoisotopic (exact) mass is 277 g/mol. The predicted molar refractivity (Wildman–Crippen MR) is 84.6 cm³/mol. The van der Waals surface area contributed by atoms with Crippen molar-refractivity contribution in [2.24, 2.45) is 23.0 Å². The van der Waals surface area contributed by atoms with Crippen molar-refractivity contribution < 1.29 is 0 Å². The largest absolute Gasteiger partial charge is 0.330 e. The Labute approximate surface area is 123 Å². The standard InChI is InChI=1S/C17H31N3/c1-5-10-20-16(8-9-19-20)15-11-14(17(2,3)4)7-6-13(15)12-18/h8-9,13-15H,5-7,10-12,18H2,1-4H3. The molecule has 3 unspecified atom stereocenters. The third-order valence-corrected chi connectivity index (χ3v) is 5.09. The molecule has 2 N–H and O–H groups in total. The SMILES string of the molecule is CCCn1nccc1C1CC(C(C)(C)C)CCC1CN. The second-order valence-corrected chi connectivity index (χ2v) is 7.46. The van der Waals surface area contributed by atoms with E-state index in [1.54, 1.807) is 0 Å². The molecule has 1 aliphatic carbocycles. The summed E-state index contributed by atoms with van der Waals surface area (Å²) in [6.07, 6.45) is 6.95. The quantitative estimate of drug-likeness (QED) is 0.909. The van der Waals surface area contributed by atoms with Gasteiger partial charge >= 0.3 is 0 Å². The van der Waals surface area contributed by atoms with Crippen molar-refractivity contribution in [2.75, 3.05) is 6.54 Å². The van der Waals surface area contributed by atoms with Gasteiger partial charge in [-0.1, -0.05) is 27.7 Å². The first kappa shape index (κ1) is 15.6. The Hall–Kier alpha value is -0.830. The van der Waals surface area contributed by atoms with Crippen LogP contribution in [0.25, 0.3) is 0 Å². The molecule has 3 atom stereocenters. The summed E-state index contributed by atoms with van der Waals surface area (Å²) in [4.78, 5) is 0. The molecule has 0 radical (unpaired) electrons. The Morgan fingerprint density at radius 3 is 2.70 bits per heavy atom. The maximum atomic E-state index is 6.05. The third kappa shape index (κ3) is 3.25. The highest BCUT2D eigenvalue weighted by Crippen LogP contribution is 2.46. The molecule has 20 heavy (non-hydrogen) atoms. The van der Waals surface area contributed by atoms with E-state index in [2.05, 4.69) is 43.5 Å². The fraction of sp³-hybridized carbons (Fsp3) is 0.824. The Kier molecular flexibility index (Phi) is 4.90. The summed E-state index contributed by atoms with van der Waals surface area (Å²) in [5.41, 5.74) is 7.86. The van der Waals surface area contributed by atoms with Gasteiger partial charge < -0.3 is 5.73 Å². The number of nitrogens with zero attached hydrogens (tertiary/aromatic N) is 2. The average molecular weight is 277 g/mol. The van der Waals surface area contributed by atoms with Crippen LogP contribution in [0.4, 0.5) is 0 Å². The van der Waals surface area contributed by atoms with Crippen LogP contribution in [0.15, 0.2) is 12.3 Å². The van der Waals surface area contributed by atoms with Crippen LogP contribution in [0.5, 0.6) is 0 Å². The minimum Gasteiger partial charge on any atom is -0.330 e. The molecule has 2 rings (SSSR count). The summed E-state index contributed by atoms with van der Waals surface area (Å²) in [5, 5.41) is 4.51. The van der Waals surface area contributed by atoms with E-state index in [0.29, 0.717) is 17.3 Å². The first-order valence-corrected chi connectivity index (χ1v) is 8.19. The lowest BCUT2D eigenvalue weighted by Gasteiger charge is -2.41. The highest BCUT2D eigenvalue weighted by molar-refractivity contribution is 5.12. The van der Waals surface area contributed by atoms with Crippen LogP contribution in [0, 0.1) is 17.3 Å². The van der Waals surface area contributed by atoms with E-state index in [9.17, 15) is 0 Å². The van der Waals surface area contributed by atoms with Gasteiger partial charge in [-0.05, 0) is 55.5 Å². The van der Waals surface area contributed by atoms with Gasteiger partial charge in [0.1, 0.15) is 0 Å². The number of hydrogen-bond acceptors (Lipinski definition) is 2. The summed E-state index contributed by atoms with van der Waals surface area (Å²) < 4.78 is 2.21. The van der Waals surface area contributed by atoms with E-state index in [0.717, 1.165) is 25.4 Å². The molecular weight excluding hydrogens is 246 g/mol. The summed E-state index contributed by atoms with van der Waals surface area (Å²) >= 11 is 0. The maximum absolute atomic E-state index is 6.05. The molecule has 3 nitrogen and oxygen atoms in total. The molecule has 114 valence electrons. The Morgan fingerprint density at radius 2 is 2.10 bits per heavy atom. The zero-order valence-electron chi connectivity index (χ0n) is 13.6. The predicted octanol–water partition coefficient (Wildman–Crippen LogP) is 3.80. The zero-order valence-corrected chi connectivity index (χ0v) is 13.6. The van der Waals surface area contributed by atoms with Crippen molar-refractivity contribution in [1.82, 2.24) is 9.78 Å². The Morgan fingerprint density at radius 1 is 1.35 bits per heavy atom. The zero-order chi connectivity index (χ0) is 14.8. The third-order valence-electron chi connectivity index (χ3n) is 5.09. The number of aryl methyl sites for hydroxylation is 1. The average Bonchev–Trinajstić information content (AvgIpc) is 2.85. The van der Waals surface area contributed by atoms with Crippen molar-refractivity contribution in [2.45, 2.75) is 65.8 Å². The van der Waals surface area contributed by atoms with Crippen LogP contribution < -0.4 is 5.73 Å². The fourth-order valence-corrected chi connectivity index (χ4v) is 3.72. The topological polar surface area (TPSA) is 43.8 Å². The molecule has 1 saturated carbocycles. The van der Waals surface area contributed by atoms with E-state index < -0.39 is 0 Å². The summed E-state index contributed by atoms with van der Waals surface area (Å²) in [6.45, 7) is 11.2.